The fourth-order valence-electron chi connectivity index (χ4n) is 3.28. The predicted molar refractivity (Wildman–Crippen MR) is 50.5 cm³/mol. The zero-order valence-corrected chi connectivity index (χ0v) is 8.65. The van der Waals surface area contributed by atoms with Crippen LogP contribution in [0.1, 0.15) is 47.5 Å². The molecule has 0 aromatic carbocycles. The highest BCUT2D eigenvalue weighted by molar-refractivity contribution is 4.90. The summed E-state index contributed by atoms with van der Waals surface area (Å²) >= 11 is 0. The predicted octanol–water partition coefficient (Wildman–Crippen LogP) is 3.71. The first-order valence-corrected chi connectivity index (χ1v) is 4.95. The van der Waals surface area contributed by atoms with E-state index < -0.39 is 0 Å². The molecule has 0 aliphatic heterocycles. The lowest BCUT2D eigenvalue weighted by Crippen LogP contribution is -2.25. The van der Waals surface area contributed by atoms with Gasteiger partial charge in [0.15, 0.2) is 0 Å². The van der Waals surface area contributed by atoms with Gasteiger partial charge in [-0.15, -0.1) is 0 Å². The highest BCUT2D eigenvalue weighted by Gasteiger charge is 2.40. The van der Waals surface area contributed by atoms with Gasteiger partial charge in [-0.05, 0) is 36.0 Å². The average Bonchev–Trinajstić information content (AvgIpc) is 2.06. The molecule has 1 rings (SSSR count). The molecule has 2 unspecified atom stereocenters. The molecule has 1 fully saturated rings. The van der Waals surface area contributed by atoms with Crippen LogP contribution < -0.4 is 0 Å². The summed E-state index contributed by atoms with van der Waals surface area (Å²) in [6.45, 7) is 12.0. The molecular weight excluding hydrogens is 132 g/mol. The van der Waals surface area contributed by atoms with E-state index in [1.54, 1.807) is 0 Å². The average molecular weight is 154 g/mol. The molecule has 0 spiro atoms. The second kappa shape index (κ2) is 2.80. The van der Waals surface area contributed by atoms with Gasteiger partial charge < -0.3 is 0 Å². The van der Waals surface area contributed by atoms with E-state index >= 15 is 0 Å². The molecule has 0 bridgehead atoms. The summed E-state index contributed by atoms with van der Waals surface area (Å²) in [5, 5.41) is 0. The monoisotopic (exact) mass is 154 g/mol. The van der Waals surface area contributed by atoms with E-state index in [0.29, 0.717) is 5.41 Å². The van der Waals surface area contributed by atoms with Crippen LogP contribution in [0.3, 0.4) is 0 Å². The van der Waals surface area contributed by atoms with Crippen LogP contribution in [0.2, 0.25) is 0 Å². The molecule has 1 saturated carbocycles. The summed E-state index contributed by atoms with van der Waals surface area (Å²) in [5.41, 5.74) is 0.605. The van der Waals surface area contributed by atoms with Gasteiger partial charge in [-0.3, -0.25) is 0 Å². The molecular formula is C11H22. The highest BCUT2D eigenvalue weighted by atomic mass is 14.5. The lowest BCUT2D eigenvalue weighted by molar-refractivity contribution is 0.164. The Morgan fingerprint density at radius 1 is 1.27 bits per heavy atom. The molecule has 0 heterocycles. The first-order chi connectivity index (χ1) is 4.95. The third kappa shape index (κ3) is 1.60. The minimum absolute atomic E-state index is 0.605. The summed E-state index contributed by atoms with van der Waals surface area (Å²) in [5.74, 6) is 2.76. The minimum Gasteiger partial charge on any atom is -0.0625 e. The van der Waals surface area contributed by atoms with Crippen molar-refractivity contribution in [1.82, 2.24) is 0 Å². The van der Waals surface area contributed by atoms with E-state index in [-0.39, 0.29) is 0 Å². The van der Waals surface area contributed by atoms with Gasteiger partial charge >= 0.3 is 0 Å². The zero-order valence-electron chi connectivity index (χ0n) is 8.65. The zero-order chi connectivity index (χ0) is 8.65. The standard InChI is InChI=1S/C11H22/c1-8(2)10-9(3)6-7-11(10,4)5/h8-10H,6-7H2,1-5H3. The Hall–Kier alpha value is 0. The van der Waals surface area contributed by atoms with E-state index in [1.165, 1.54) is 12.8 Å². The van der Waals surface area contributed by atoms with Crippen LogP contribution in [0, 0.1) is 23.2 Å². The fourth-order valence-corrected chi connectivity index (χ4v) is 3.28. The van der Waals surface area contributed by atoms with Crippen LogP contribution in [0.4, 0.5) is 0 Å². The van der Waals surface area contributed by atoms with E-state index in [9.17, 15) is 0 Å². The van der Waals surface area contributed by atoms with Crippen molar-refractivity contribution in [2.45, 2.75) is 47.5 Å². The van der Waals surface area contributed by atoms with Gasteiger partial charge in [0.2, 0.25) is 0 Å². The van der Waals surface area contributed by atoms with E-state index in [2.05, 4.69) is 34.6 Å². The molecule has 0 saturated heterocycles. The summed E-state index contributed by atoms with van der Waals surface area (Å²) in [6, 6.07) is 0. The van der Waals surface area contributed by atoms with Gasteiger partial charge in [0.25, 0.3) is 0 Å². The van der Waals surface area contributed by atoms with Crippen molar-refractivity contribution < 1.29 is 0 Å². The van der Waals surface area contributed by atoms with Gasteiger partial charge in [-0.1, -0.05) is 34.6 Å². The molecule has 2 atom stereocenters. The Morgan fingerprint density at radius 3 is 2.00 bits per heavy atom. The number of rotatable bonds is 1. The molecule has 0 radical (unpaired) electrons. The molecule has 1 aliphatic rings. The highest BCUT2D eigenvalue weighted by Crippen LogP contribution is 2.49. The second-order valence-electron chi connectivity index (χ2n) is 5.27. The molecule has 1 aliphatic carbocycles. The SMILES string of the molecule is CC(C)C1C(C)CCC1(C)C. The lowest BCUT2D eigenvalue weighted by Gasteiger charge is -2.32. The van der Waals surface area contributed by atoms with E-state index in [1.807, 2.05) is 0 Å². The third-order valence-corrected chi connectivity index (χ3v) is 3.48. The van der Waals surface area contributed by atoms with Crippen LogP contribution in [0.5, 0.6) is 0 Å². The van der Waals surface area contributed by atoms with Crippen molar-refractivity contribution in [1.29, 1.82) is 0 Å². The smallest absolute Gasteiger partial charge is 0.0314 e. The van der Waals surface area contributed by atoms with Gasteiger partial charge in [-0.2, -0.15) is 0 Å². The molecule has 0 aromatic heterocycles. The summed E-state index contributed by atoms with van der Waals surface area (Å²) < 4.78 is 0. The third-order valence-electron chi connectivity index (χ3n) is 3.48. The Kier molecular flexibility index (Phi) is 2.32. The van der Waals surface area contributed by atoms with Crippen LogP contribution >= 0.6 is 0 Å². The molecule has 0 N–H and O–H groups in total. The Morgan fingerprint density at radius 2 is 1.82 bits per heavy atom. The van der Waals surface area contributed by atoms with Crippen LogP contribution in [-0.2, 0) is 0 Å². The topological polar surface area (TPSA) is 0 Å². The van der Waals surface area contributed by atoms with Gasteiger partial charge in [0, 0.05) is 0 Å². The van der Waals surface area contributed by atoms with Crippen molar-refractivity contribution in [3.8, 4) is 0 Å². The molecule has 11 heavy (non-hydrogen) atoms. The summed E-state index contributed by atoms with van der Waals surface area (Å²) in [6.07, 6.45) is 2.87. The van der Waals surface area contributed by atoms with Gasteiger partial charge in [-0.25, -0.2) is 0 Å². The van der Waals surface area contributed by atoms with Crippen molar-refractivity contribution in [3.05, 3.63) is 0 Å². The van der Waals surface area contributed by atoms with Crippen molar-refractivity contribution >= 4 is 0 Å². The molecule has 0 heteroatoms. The maximum Gasteiger partial charge on any atom is -0.0314 e. The van der Waals surface area contributed by atoms with Crippen molar-refractivity contribution in [2.24, 2.45) is 23.2 Å². The van der Waals surface area contributed by atoms with Crippen molar-refractivity contribution in [3.63, 3.8) is 0 Å². The lowest BCUT2D eigenvalue weighted by atomic mass is 9.73. The van der Waals surface area contributed by atoms with Crippen LogP contribution in [-0.4, -0.2) is 0 Å². The molecule has 0 nitrogen and oxygen atoms in total. The first-order valence-electron chi connectivity index (χ1n) is 4.95. The Bertz CT molecular complexity index is 133. The largest absolute Gasteiger partial charge is 0.0625 e. The molecule has 0 aromatic rings. The van der Waals surface area contributed by atoms with Gasteiger partial charge in [0.1, 0.15) is 0 Å². The molecule has 66 valence electrons. The normalized spacial score (nSPS) is 36.5. The van der Waals surface area contributed by atoms with E-state index in [4.69, 9.17) is 0 Å². The van der Waals surface area contributed by atoms with Crippen molar-refractivity contribution in [2.75, 3.05) is 0 Å². The quantitative estimate of drug-likeness (QED) is 0.540. The fraction of sp³-hybridized carbons (Fsp3) is 1.00. The Balaban J connectivity index is 2.72. The second-order valence-corrected chi connectivity index (χ2v) is 5.27. The number of hydrogen-bond acceptors (Lipinski definition) is 0. The first kappa shape index (κ1) is 9.09. The van der Waals surface area contributed by atoms with E-state index in [0.717, 1.165) is 17.8 Å². The van der Waals surface area contributed by atoms with Crippen LogP contribution in [0.15, 0.2) is 0 Å². The summed E-state index contributed by atoms with van der Waals surface area (Å²) in [4.78, 5) is 0. The maximum atomic E-state index is 2.43. The van der Waals surface area contributed by atoms with Gasteiger partial charge in [0.05, 0.1) is 0 Å². The summed E-state index contributed by atoms with van der Waals surface area (Å²) in [7, 11) is 0. The molecule has 0 amide bonds. The Labute approximate surface area is 71.4 Å². The minimum atomic E-state index is 0.605. The number of hydrogen-bond donors (Lipinski definition) is 0. The maximum absolute atomic E-state index is 2.43. The van der Waals surface area contributed by atoms with Crippen LogP contribution in [0.25, 0.3) is 0 Å².